The lowest BCUT2D eigenvalue weighted by Gasteiger charge is -2.08. The molecule has 0 aliphatic rings. The minimum absolute atomic E-state index is 0.521. The minimum Gasteiger partial charge on any atom is -0.491 e. The molecule has 0 fully saturated rings. The number of nitrogens with zero attached hydrogens (tertiary/aromatic N) is 3. The molecule has 0 radical (unpaired) electrons. The molecule has 0 saturated carbocycles. The fraction of sp³-hybridized carbons (Fsp3) is 0.385. The Labute approximate surface area is 106 Å². The zero-order valence-electron chi connectivity index (χ0n) is 10.6. The highest BCUT2D eigenvalue weighted by molar-refractivity contribution is 5.31. The molecule has 0 spiro atoms. The van der Waals surface area contributed by atoms with Crippen LogP contribution in [0.5, 0.6) is 5.75 Å². The summed E-state index contributed by atoms with van der Waals surface area (Å²) in [6.45, 7) is 4.80. The average molecular weight is 247 g/mol. The largest absolute Gasteiger partial charge is 0.491 e. The highest BCUT2D eigenvalue weighted by atomic mass is 16.5. The van der Waals surface area contributed by atoms with Crippen molar-refractivity contribution in [3.8, 4) is 5.75 Å². The molecule has 0 amide bonds. The number of hydrogen-bond acceptors (Lipinski definition) is 4. The molecule has 0 saturated heterocycles. The molecule has 1 atom stereocenters. The van der Waals surface area contributed by atoms with Gasteiger partial charge < -0.3 is 9.84 Å². The van der Waals surface area contributed by atoms with Crippen LogP contribution in [0.4, 0.5) is 0 Å². The third-order valence-electron chi connectivity index (χ3n) is 2.66. The van der Waals surface area contributed by atoms with E-state index in [9.17, 15) is 5.11 Å². The van der Waals surface area contributed by atoms with Gasteiger partial charge in [-0.1, -0.05) is 23.4 Å². The van der Waals surface area contributed by atoms with Gasteiger partial charge in [0.05, 0.1) is 18.8 Å². The monoisotopic (exact) mass is 247 g/mol. The summed E-state index contributed by atoms with van der Waals surface area (Å²) in [4.78, 5) is 0. The van der Waals surface area contributed by atoms with Crippen LogP contribution in [0.15, 0.2) is 30.5 Å². The van der Waals surface area contributed by atoms with Crippen molar-refractivity contribution in [2.45, 2.75) is 26.5 Å². The van der Waals surface area contributed by atoms with Crippen LogP contribution in [-0.2, 0) is 6.54 Å². The maximum Gasteiger partial charge on any atom is 0.122 e. The summed E-state index contributed by atoms with van der Waals surface area (Å²) in [6, 6.07) is 7.88. The third kappa shape index (κ3) is 3.07. The Morgan fingerprint density at radius 2 is 2.17 bits per heavy atom. The Hall–Kier alpha value is -1.88. The van der Waals surface area contributed by atoms with Crippen molar-refractivity contribution < 1.29 is 9.84 Å². The number of ether oxygens (including phenoxy) is 1. The summed E-state index contributed by atoms with van der Waals surface area (Å²) < 4.78 is 7.33. The lowest BCUT2D eigenvalue weighted by Crippen LogP contribution is -2.09. The van der Waals surface area contributed by atoms with E-state index in [1.807, 2.05) is 31.2 Å². The second-order valence-corrected chi connectivity index (χ2v) is 4.20. The number of aromatic nitrogens is 3. The van der Waals surface area contributed by atoms with E-state index in [1.54, 1.807) is 17.8 Å². The maximum atomic E-state index is 9.33. The molecule has 5 heteroatoms. The van der Waals surface area contributed by atoms with Gasteiger partial charge in [0.2, 0.25) is 0 Å². The molecule has 5 nitrogen and oxygen atoms in total. The van der Waals surface area contributed by atoms with E-state index in [-0.39, 0.29) is 0 Å². The normalized spacial score (nSPS) is 12.4. The quantitative estimate of drug-likeness (QED) is 0.874. The van der Waals surface area contributed by atoms with E-state index in [0.29, 0.717) is 18.8 Å². The second-order valence-electron chi connectivity index (χ2n) is 4.20. The minimum atomic E-state index is -0.587. The van der Waals surface area contributed by atoms with Crippen molar-refractivity contribution in [1.29, 1.82) is 0 Å². The van der Waals surface area contributed by atoms with Crippen LogP contribution >= 0.6 is 0 Å². The van der Waals surface area contributed by atoms with Crippen LogP contribution in [0.3, 0.4) is 0 Å². The van der Waals surface area contributed by atoms with Gasteiger partial charge in [0.25, 0.3) is 0 Å². The molecule has 2 rings (SSSR count). The number of aryl methyl sites for hydroxylation is 1. The van der Waals surface area contributed by atoms with Crippen molar-refractivity contribution in [1.82, 2.24) is 15.0 Å². The summed E-state index contributed by atoms with van der Waals surface area (Å²) >= 11 is 0. The molecule has 1 unspecified atom stereocenters. The Morgan fingerprint density at radius 1 is 1.39 bits per heavy atom. The molecule has 2 aromatic rings. The molecule has 0 bridgehead atoms. The first-order valence-electron chi connectivity index (χ1n) is 5.93. The number of rotatable bonds is 5. The zero-order valence-corrected chi connectivity index (χ0v) is 10.6. The van der Waals surface area contributed by atoms with Gasteiger partial charge in [0.1, 0.15) is 18.1 Å². The van der Waals surface area contributed by atoms with Crippen molar-refractivity contribution in [2.24, 2.45) is 0 Å². The highest BCUT2D eigenvalue weighted by Crippen LogP contribution is 2.16. The smallest absolute Gasteiger partial charge is 0.122 e. The Morgan fingerprint density at radius 3 is 2.83 bits per heavy atom. The number of aliphatic hydroxyl groups excluding tert-OH is 1. The number of aliphatic hydroxyl groups is 1. The van der Waals surface area contributed by atoms with Gasteiger partial charge in [-0.05, 0) is 25.5 Å². The fourth-order valence-electron chi connectivity index (χ4n) is 1.58. The third-order valence-corrected chi connectivity index (χ3v) is 2.66. The van der Waals surface area contributed by atoms with Crippen molar-refractivity contribution in [2.75, 3.05) is 6.61 Å². The Balaban J connectivity index is 1.87. The average Bonchev–Trinajstić information content (AvgIpc) is 2.80. The molecule has 1 aromatic carbocycles. The molecule has 96 valence electrons. The van der Waals surface area contributed by atoms with Crippen LogP contribution in [0.2, 0.25) is 0 Å². The molecule has 18 heavy (non-hydrogen) atoms. The predicted molar refractivity (Wildman–Crippen MR) is 67.3 cm³/mol. The molecule has 0 aliphatic heterocycles. The van der Waals surface area contributed by atoms with Gasteiger partial charge in [0.15, 0.2) is 0 Å². The predicted octanol–water partition coefficient (Wildman–Crippen LogP) is 1.72. The molecule has 1 aromatic heterocycles. The second kappa shape index (κ2) is 5.64. The first kappa shape index (κ1) is 12.6. The maximum absolute atomic E-state index is 9.33. The van der Waals surface area contributed by atoms with E-state index in [0.717, 1.165) is 11.3 Å². The van der Waals surface area contributed by atoms with Crippen LogP contribution < -0.4 is 4.74 Å². The highest BCUT2D eigenvalue weighted by Gasteiger charge is 2.06. The standard InChI is InChI=1S/C13H17N3O2/c1-10-5-3-4-6-13(10)18-8-7-16-9-12(11(2)17)14-15-16/h3-6,9,11,17H,7-8H2,1-2H3. The number of para-hydroxylation sites is 1. The molecular weight excluding hydrogens is 230 g/mol. The molecule has 1 heterocycles. The van der Waals surface area contributed by atoms with Gasteiger partial charge in [-0.25, -0.2) is 4.68 Å². The van der Waals surface area contributed by atoms with Crippen LogP contribution in [0.1, 0.15) is 24.3 Å². The van der Waals surface area contributed by atoms with Crippen LogP contribution in [-0.4, -0.2) is 26.7 Å². The lowest BCUT2D eigenvalue weighted by atomic mass is 10.2. The topological polar surface area (TPSA) is 60.2 Å². The summed E-state index contributed by atoms with van der Waals surface area (Å²) in [5.74, 6) is 0.883. The van der Waals surface area contributed by atoms with E-state index < -0.39 is 6.10 Å². The Bertz CT molecular complexity index is 508. The van der Waals surface area contributed by atoms with Crippen LogP contribution in [0.25, 0.3) is 0 Å². The van der Waals surface area contributed by atoms with Crippen LogP contribution in [0, 0.1) is 6.92 Å². The van der Waals surface area contributed by atoms with Gasteiger partial charge in [-0.3, -0.25) is 0 Å². The van der Waals surface area contributed by atoms with E-state index in [2.05, 4.69) is 10.3 Å². The SMILES string of the molecule is Cc1ccccc1OCCn1cc(C(C)O)nn1. The summed E-state index contributed by atoms with van der Waals surface area (Å²) in [5.41, 5.74) is 1.69. The van der Waals surface area contributed by atoms with Crippen molar-refractivity contribution >= 4 is 0 Å². The first-order chi connectivity index (χ1) is 8.66. The van der Waals surface area contributed by atoms with Gasteiger partial charge in [0, 0.05) is 0 Å². The number of hydrogen-bond donors (Lipinski definition) is 1. The van der Waals surface area contributed by atoms with Crippen molar-refractivity contribution in [3.63, 3.8) is 0 Å². The van der Waals surface area contributed by atoms with E-state index >= 15 is 0 Å². The first-order valence-corrected chi connectivity index (χ1v) is 5.93. The summed E-state index contributed by atoms with van der Waals surface area (Å²) in [7, 11) is 0. The van der Waals surface area contributed by atoms with Gasteiger partial charge in [-0.15, -0.1) is 5.10 Å². The Kier molecular flexibility index (Phi) is 3.94. The van der Waals surface area contributed by atoms with E-state index in [1.165, 1.54) is 0 Å². The lowest BCUT2D eigenvalue weighted by molar-refractivity contribution is 0.194. The van der Waals surface area contributed by atoms with Gasteiger partial charge in [-0.2, -0.15) is 0 Å². The fourth-order valence-corrected chi connectivity index (χ4v) is 1.58. The molecular formula is C13H17N3O2. The zero-order chi connectivity index (χ0) is 13.0. The van der Waals surface area contributed by atoms with Gasteiger partial charge >= 0.3 is 0 Å². The molecule has 1 N–H and O–H groups in total. The molecule has 0 aliphatic carbocycles. The summed E-state index contributed by atoms with van der Waals surface area (Å²) in [6.07, 6.45) is 1.14. The number of benzene rings is 1. The summed E-state index contributed by atoms with van der Waals surface area (Å²) in [5, 5.41) is 17.1. The van der Waals surface area contributed by atoms with Crippen molar-refractivity contribution in [3.05, 3.63) is 41.7 Å². The van der Waals surface area contributed by atoms with E-state index in [4.69, 9.17) is 4.74 Å².